The lowest BCUT2D eigenvalue weighted by molar-refractivity contribution is -0.171. The van der Waals surface area contributed by atoms with Gasteiger partial charge in [0.05, 0.1) is 6.04 Å². The fourth-order valence-electron chi connectivity index (χ4n) is 2.67. The van der Waals surface area contributed by atoms with Crippen molar-refractivity contribution in [3.05, 3.63) is 42.5 Å². The molecule has 20 heavy (non-hydrogen) atoms. The van der Waals surface area contributed by atoms with Gasteiger partial charge in [-0.1, -0.05) is 51.1 Å². The first-order valence-corrected chi connectivity index (χ1v) is 6.97. The number of carbonyl (C=O) groups is 1. The van der Waals surface area contributed by atoms with E-state index in [9.17, 15) is 4.79 Å². The number of hydrogen-bond donors (Lipinski definition) is 0. The van der Waals surface area contributed by atoms with Crippen LogP contribution in [0.1, 0.15) is 27.7 Å². The molecule has 0 bridgehead atoms. The van der Waals surface area contributed by atoms with E-state index in [0.717, 1.165) is 11.3 Å². The number of rotatable bonds is 4. The molecule has 2 atom stereocenters. The second-order valence-corrected chi connectivity index (χ2v) is 6.59. The van der Waals surface area contributed by atoms with Crippen LogP contribution in [0.3, 0.4) is 0 Å². The molecule has 0 N–H and O–H groups in total. The molecule has 1 aromatic carbocycles. The van der Waals surface area contributed by atoms with Crippen molar-refractivity contribution in [2.45, 2.75) is 39.8 Å². The van der Waals surface area contributed by atoms with Crippen molar-refractivity contribution in [1.29, 1.82) is 0 Å². The lowest BCUT2D eigenvalue weighted by atomic mass is 9.76. The number of ether oxygens (including phenoxy) is 1. The van der Waals surface area contributed by atoms with Gasteiger partial charge in [-0.15, -0.1) is 0 Å². The van der Waals surface area contributed by atoms with Gasteiger partial charge in [-0.25, -0.2) is 0 Å². The van der Waals surface area contributed by atoms with Crippen LogP contribution in [0.4, 0.5) is 0 Å². The zero-order valence-corrected chi connectivity index (χ0v) is 12.7. The lowest BCUT2D eigenvalue weighted by Crippen LogP contribution is -2.71. The molecule has 0 saturated carbocycles. The third-order valence-corrected chi connectivity index (χ3v) is 3.48. The fourth-order valence-corrected chi connectivity index (χ4v) is 2.67. The average molecular weight is 273 g/mol. The van der Waals surface area contributed by atoms with Crippen molar-refractivity contribution in [2.75, 3.05) is 6.54 Å². The van der Waals surface area contributed by atoms with Crippen molar-refractivity contribution >= 4 is 5.91 Å². The molecular weight excluding hydrogens is 250 g/mol. The van der Waals surface area contributed by atoms with Crippen LogP contribution in [0.15, 0.2) is 42.5 Å². The molecule has 0 aromatic heterocycles. The Labute approximate surface area is 121 Å². The molecule has 3 nitrogen and oxygen atoms in total. The van der Waals surface area contributed by atoms with Crippen LogP contribution in [-0.4, -0.2) is 29.5 Å². The van der Waals surface area contributed by atoms with E-state index in [-0.39, 0.29) is 17.4 Å². The summed E-state index contributed by atoms with van der Waals surface area (Å²) in [4.78, 5) is 14.2. The number of benzene rings is 1. The van der Waals surface area contributed by atoms with E-state index in [2.05, 4.69) is 27.4 Å². The summed E-state index contributed by atoms with van der Waals surface area (Å²) in [6.07, 6.45) is -0.392. The predicted octanol–water partition coefficient (Wildman–Crippen LogP) is 3.27. The highest BCUT2D eigenvalue weighted by Gasteiger charge is 2.54. The van der Waals surface area contributed by atoms with Gasteiger partial charge in [0.1, 0.15) is 5.75 Å². The Kier molecular flexibility index (Phi) is 3.89. The molecule has 2 rings (SSSR count). The quantitative estimate of drug-likeness (QED) is 0.622. The first-order chi connectivity index (χ1) is 9.30. The first kappa shape index (κ1) is 14.6. The molecule has 0 radical (unpaired) electrons. The maximum absolute atomic E-state index is 12.3. The maximum atomic E-state index is 12.3. The minimum atomic E-state index is -0.392. The fraction of sp³-hybridized carbons (Fsp3) is 0.471. The summed E-state index contributed by atoms with van der Waals surface area (Å²) >= 11 is 0. The van der Waals surface area contributed by atoms with Crippen molar-refractivity contribution in [3.63, 3.8) is 0 Å². The smallest absolute Gasteiger partial charge is 0.266 e. The Morgan fingerprint density at radius 1 is 1.30 bits per heavy atom. The zero-order valence-electron chi connectivity index (χ0n) is 12.7. The molecule has 1 aliphatic heterocycles. The van der Waals surface area contributed by atoms with Crippen molar-refractivity contribution < 1.29 is 9.53 Å². The molecule has 1 fully saturated rings. The van der Waals surface area contributed by atoms with E-state index in [1.807, 2.05) is 42.2 Å². The van der Waals surface area contributed by atoms with E-state index < -0.39 is 6.10 Å². The molecule has 0 aliphatic carbocycles. The van der Waals surface area contributed by atoms with E-state index in [0.29, 0.717) is 6.54 Å². The number of hydrogen-bond acceptors (Lipinski definition) is 2. The Bertz CT molecular complexity index is 501. The van der Waals surface area contributed by atoms with Crippen LogP contribution in [0.2, 0.25) is 0 Å². The van der Waals surface area contributed by atoms with Crippen molar-refractivity contribution in [3.8, 4) is 5.75 Å². The van der Waals surface area contributed by atoms with Crippen LogP contribution in [0.5, 0.6) is 5.75 Å². The van der Waals surface area contributed by atoms with Gasteiger partial charge in [0, 0.05) is 6.54 Å². The minimum absolute atomic E-state index is 0.0250. The third-order valence-electron chi connectivity index (χ3n) is 3.48. The number of β-lactam (4-membered cyclic amide) rings is 1. The molecule has 3 heteroatoms. The number of carbonyl (C=O) groups excluding carboxylic acids is 1. The second kappa shape index (κ2) is 5.31. The summed E-state index contributed by atoms with van der Waals surface area (Å²) in [5.41, 5.74) is 0.966. The average Bonchev–Trinajstić information content (AvgIpc) is 2.36. The van der Waals surface area contributed by atoms with E-state index >= 15 is 0 Å². The zero-order chi connectivity index (χ0) is 14.9. The summed E-state index contributed by atoms with van der Waals surface area (Å²) in [5.74, 6) is 0.798. The van der Waals surface area contributed by atoms with Gasteiger partial charge in [-0.2, -0.15) is 0 Å². The SMILES string of the molecule is C=C(C)CN1C(=O)[C@@H](Oc2ccccc2)[C@H]1C(C)(C)C. The molecule has 0 unspecified atom stereocenters. The molecule has 108 valence electrons. The minimum Gasteiger partial charge on any atom is -0.478 e. The summed E-state index contributed by atoms with van der Waals surface area (Å²) in [7, 11) is 0. The van der Waals surface area contributed by atoms with Gasteiger partial charge in [0.25, 0.3) is 5.91 Å². The summed E-state index contributed by atoms with van der Waals surface area (Å²) in [5, 5.41) is 0. The molecular formula is C17H23NO2. The van der Waals surface area contributed by atoms with Crippen molar-refractivity contribution in [2.24, 2.45) is 5.41 Å². The highest BCUT2D eigenvalue weighted by Crippen LogP contribution is 2.37. The lowest BCUT2D eigenvalue weighted by Gasteiger charge is -2.52. The highest BCUT2D eigenvalue weighted by atomic mass is 16.5. The van der Waals surface area contributed by atoms with Crippen LogP contribution in [-0.2, 0) is 4.79 Å². The second-order valence-electron chi connectivity index (χ2n) is 6.59. The normalized spacial score (nSPS) is 22.4. The number of nitrogens with zero attached hydrogens (tertiary/aromatic N) is 1. The molecule has 1 saturated heterocycles. The first-order valence-electron chi connectivity index (χ1n) is 6.97. The Hall–Kier alpha value is -1.77. The van der Waals surface area contributed by atoms with Gasteiger partial charge >= 0.3 is 0 Å². The third kappa shape index (κ3) is 2.87. The van der Waals surface area contributed by atoms with Crippen molar-refractivity contribution in [1.82, 2.24) is 4.90 Å². The van der Waals surface area contributed by atoms with E-state index in [1.165, 1.54) is 0 Å². The topological polar surface area (TPSA) is 29.5 Å². The van der Waals surface area contributed by atoms with Crippen LogP contribution in [0, 0.1) is 5.41 Å². The predicted molar refractivity (Wildman–Crippen MR) is 80.6 cm³/mol. The van der Waals surface area contributed by atoms with Gasteiger partial charge in [0.2, 0.25) is 0 Å². The molecule has 1 amide bonds. The number of para-hydroxylation sites is 1. The summed E-state index contributed by atoms with van der Waals surface area (Å²) in [6, 6.07) is 9.60. The number of likely N-dealkylation sites (tertiary alicyclic amines) is 1. The largest absolute Gasteiger partial charge is 0.478 e. The molecule has 1 aliphatic rings. The van der Waals surface area contributed by atoms with E-state index in [1.54, 1.807) is 0 Å². The standard InChI is InChI=1S/C17H23NO2/c1-12(2)11-18-15(17(3,4)5)14(16(18)19)20-13-9-7-6-8-10-13/h6-10,14-15H,1,11H2,2-5H3/t14-,15-/m0/s1. The van der Waals surface area contributed by atoms with Crippen LogP contribution < -0.4 is 4.74 Å². The molecule has 0 spiro atoms. The molecule has 1 heterocycles. The van der Waals surface area contributed by atoms with Gasteiger partial charge < -0.3 is 9.64 Å². The Morgan fingerprint density at radius 3 is 2.40 bits per heavy atom. The maximum Gasteiger partial charge on any atom is 0.266 e. The Morgan fingerprint density at radius 2 is 1.90 bits per heavy atom. The summed E-state index contributed by atoms with van der Waals surface area (Å²) in [6.45, 7) is 12.9. The highest BCUT2D eigenvalue weighted by molar-refractivity contribution is 5.89. The van der Waals surface area contributed by atoms with Gasteiger partial charge in [-0.3, -0.25) is 4.79 Å². The van der Waals surface area contributed by atoms with E-state index in [4.69, 9.17) is 4.74 Å². The van der Waals surface area contributed by atoms with Crippen LogP contribution >= 0.6 is 0 Å². The number of amides is 1. The van der Waals surface area contributed by atoms with Gasteiger partial charge in [0.15, 0.2) is 6.10 Å². The monoisotopic (exact) mass is 273 g/mol. The van der Waals surface area contributed by atoms with Gasteiger partial charge in [-0.05, 0) is 24.5 Å². The summed E-state index contributed by atoms with van der Waals surface area (Å²) < 4.78 is 5.89. The van der Waals surface area contributed by atoms with Crippen LogP contribution in [0.25, 0.3) is 0 Å². The molecule has 1 aromatic rings. The Balaban J connectivity index is 2.16.